The normalized spacial score (nSPS) is 27.4. The van der Waals surface area contributed by atoms with Crippen molar-refractivity contribution < 1.29 is 0 Å². The van der Waals surface area contributed by atoms with Gasteiger partial charge < -0.3 is 4.90 Å². The van der Waals surface area contributed by atoms with Crippen molar-refractivity contribution in [2.45, 2.75) is 25.7 Å². The summed E-state index contributed by atoms with van der Waals surface area (Å²) in [6.07, 6.45) is 9.57. The molecular weight excluding hydrogens is 326 g/mol. The minimum atomic E-state index is 0.868. The van der Waals surface area contributed by atoms with Gasteiger partial charge in [0.25, 0.3) is 0 Å². The van der Waals surface area contributed by atoms with E-state index < -0.39 is 0 Å². The summed E-state index contributed by atoms with van der Waals surface area (Å²) in [4.78, 5) is 11.4. The van der Waals surface area contributed by atoms with E-state index >= 15 is 0 Å². The molecule has 2 aromatic heterocycles. The first-order valence-corrected chi connectivity index (χ1v) is 8.61. The second-order valence-corrected chi connectivity index (χ2v) is 7.58. The van der Waals surface area contributed by atoms with Crippen LogP contribution in [0.2, 0.25) is 0 Å². The van der Waals surface area contributed by atoms with Crippen molar-refractivity contribution in [3.63, 3.8) is 0 Å². The van der Waals surface area contributed by atoms with Crippen molar-refractivity contribution in [2.24, 2.45) is 17.8 Å². The number of nitrogens with zero attached hydrogens (tertiary/aromatic N) is 3. The van der Waals surface area contributed by atoms with E-state index in [9.17, 15) is 0 Å². The van der Waals surface area contributed by atoms with Crippen molar-refractivity contribution >= 4 is 32.7 Å². The maximum absolute atomic E-state index is 4.57. The molecule has 4 rings (SSSR count). The highest BCUT2D eigenvalue weighted by Gasteiger charge is 2.39. The van der Waals surface area contributed by atoms with Gasteiger partial charge in [0.1, 0.15) is 5.52 Å². The van der Waals surface area contributed by atoms with E-state index in [-0.39, 0.29) is 0 Å². The average molecular weight is 346 g/mol. The van der Waals surface area contributed by atoms with Crippen LogP contribution in [0.3, 0.4) is 0 Å². The number of hydrogen-bond acceptors (Lipinski definition) is 3. The van der Waals surface area contributed by atoms with Gasteiger partial charge in [-0.2, -0.15) is 0 Å². The van der Waals surface area contributed by atoms with Crippen LogP contribution in [0.15, 0.2) is 29.0 Å². The molecule has 21 heavy (non-hydrogen) atoms. The molecule has 0 amide bonds. The molecule has 0 aliphatic heterocycles. The first-order valence-electron chi connectivity index (χ1n) is 7.82. The molecule has 0 spiro atoms. The summed E-state index contributed by atoms with van der Waals surface area (Å²) < 4.78 is 0.982. The predicted octanol–water partition coefficient (Wildman–Crippen LogP) is 4.26. The fraction of sp³-hybridized carbons (Fsp3) is 0.529. The summed E-state index contributed by atoms with van der Waals surface area (Å²) in [6, 6.07) is 4.13. The quantitative estimate of drug-likeness (QED) is 0.831. The van der Waals surface area contributed by atoms with Gasteiger partial charge in [0.2, 0.25) is 0 Å². The zero-order valence-electron chi connectivity index (χ0n) is 12.3. The first kappa shape index (κ1) is 13.5. The third kappa shape index (κ3) is 2.44. The van der Waals surface area contributed by atoms with Gasteiger partial charge in [-0.1, -0.05) is 6.42 Å². The van der Waals surface area contributed by atoms with Crippen molar-refractivity contribution in [2.75, 3.05) is 18.5 Å². The van der Waals surface area contributed by atoms with Crippen LogP contribution in [0.1, 0.15) is 25.7 Å². The Bertz CT molecular complexity index is 672. The lowest BCUT2D eigenvalue weighted by molar-refractivity contribution is 0.337. The molecule has 2 saturated carbocycles. The van der Waals surface area contributed by atoms with E-state index in [0.717, 1.165) is 39.8 Å². The van der Waals surface area contributed by atoms with Gasteiger partial charge in [0, 0.05) is 30.5 Å². The van der Waals surface area contributed by atoms with Gasteiger partial charge in [-0.25, -0.2) is 0 Å². The van der Waals surface area contributed by atoms with Crippen LogP contribution in [0.5, 0.6) is 0 Å². The van der Waals surface area contributed by atoms with Crippen molar-refractivity contribution in [1.29, 1.82) is 0 Å². The summed E-state index contributed by atoms with van der Waals surface area (Å²) >= 11 is 3.47. The molecule has 0 N–H and O–H groups in total. The average Bonchev–Trinajstić information content (AvgIpc) is 3.08. The van der Waals surface area contributed by atoms with Gasteiger partial charge in [-0.3, -0.25) is 9.97 Å². The molecule has 2 bridgehead atoms. The van der Waals surface area contributed by atoms with Crippen molar-refractivity contribution in [3.05, 3.63) is 29.0 Å². The summed E-state index contributed by atoms with van der Waals surface area (Å²) in [5.74, 6) is 2.84. The fourth-order valence-electron chi connectivity index (χ4n) is 4.35. The Morgan fingerprint density at radius 2 is 2.19 bits per heavy atom. The SMILES string of the molecule is CN(CC1CC2CCC1C2)c1ccnc2cc(Br)cnc12. The molecule has 0 radical (unpaired) electrons. The number of anilines is 1. The molecule has 0 saturated heterocycles. The third-order valence-corrected chi connectivity index (χ3v) is 5.76. The molecule has 2 aliphatic rings. The highest BCUT2D eigenvalue weighted by Crippen LogP contribution is 2.48. The van der Waals surface area contributed by atoms with Crippen molar-refractivity contribution in [1.82, 2.24) is 9.97 Å². The lowest BCUT2D eigenvalue weighted by Gasteiger charge is -2.28. The lowest BCUT2D eigenvalue weighted by Crippen LogP contribution is -2.28. The van der Waals surface area contributed by atoms with Crippen LogP contribution in [-0.4, -0.2) is 23.6 Å². The van der Waals surface area contributed by atoms with E-state index in [1.54, 1.807) is 0 Å². The van der Waals surface area contributed by atoms with Gasteiger partial charge in [-0.15, -0.1) is 0 Å². The minimum absolute atomic E-state index is 0.868. The van der Waals surface area contributed by atoms with Crippen LogP contribution >= 0.6 is 15.9 Å². The maximum atomic E-state index is 4.57. The molecule has 4 heteroatoms. The van der Waals surface area contributed by atoms with Crippen LogP contribution < -0.4 is 4.90 Å². The van der Waals surface area contributed by atoms with Gasteiger partial charge in [-0.05, 0) is 65.1 Å². The number of hydrogen-bond donors (Lipinski definition) is 0. The molecule has 3 unspecified atom stereocenters. The Labute approximate surface area is 133 Å². The van der Waals surface area contributed by atoms with E-state index in [0.29, 0.717) is 0 Å². The van der Waals surface area contributed by atoms with Gasteiger partial charge in [0.15, 0.2) is 0 Å². The van der Waals surface area contributed by atoms with Crippen LogP contribution in [0.4, 0.5) is 5.69 Å². The summed E-state index contributed by atoms with van der Waals surface area (Å²) in [7, 11) is 2.20. The Morgan fingerprint density at radius 1 is 1.29 bits per heavy atom. The van der Waals surface area contributed by atoms with E-state index in [4.69, 9.17) is 0 Å². The summed E-state index contributed by atoms with van der Waals surface area (Å²) in [5.41, 5.74) is 3.17. The first-order chi connectivity index (χ1) is 10.2. The number of fused-ring (bicyclic) bond motifs is 3. The minimum Gasteiger partial charge on any atom is -0.372 e. The van der Waals surface area contributed by atoms with Crippen LogP contribution in [-0.2, 0) is 0 Å². The van der Waals surface area contributed by atoms with Gasteiger partial charge in [0.05, 0.1) is 11.2 Å². The second-order valence-electron chi connectivity index (χ2n) is 6.67. The third-order valence-electron chi connectivity index (χ3n) is 5.33. The van der Waals surface area contributed by atoms with Gasteiger partial charge >= 0.3 is 0 Å². The summed E-state index contributed by atoms with van der Waals surface area (Å²) in [6.45, 7) is 1.15. The number of pyridine rings is 2. The molecule has 2 heterocycles. The topological polar surface area (TPSA) is 29.0 Å². The number of halogens is 1. The molecule has 3 atom stereocenters. The highest BCUT2D eigenvalue weighted by atomic mass is 79.9. The molecule has 2 fully saturated rings. The number of rotatable bonds is 3. The largest absolute Gasteiger partial charge is 0.372 e. The van der Waals surface area contributed by atoms with Crippen molar-refractivity contribution in [3.8, 4) is 0 Å². The monoisotopic (exact) mass is 345 g/mol. The predicted molar refractivity (Wildman–Crippen MR) is 89.4 cm³/mol. The fourth-order valence-corrected chi connectivity index (χ4v) is 4.67. The Morgan fingerprint density at radius 3 is 2.95 bits per heavy atom. The van der Waals surface area contributed by atoms with Crippen LogP contribution in [0.25, 0.3) is 11.0 Å². The summed E-state index contributed by atoms with van der Waals surface area (Å²) in [5, 5.41) is 0. The zero-order chi connectivity index (χ0) is 14.4. The zero-order valence-corrected chi connectivity index (χ0v) is 13.9. The lowest BCUT2D eigenvalue weighted by atomic mass is 9.88. The molecule has 0 aromatic carbocycles. The van der Waals surface area contributed by atoms with E-state index in [2.05, 4.69) is 43.9 Å². The molecule has 2 aliphatic carbocycles. The number of aromatic nitrogens is 2. The maximum Gasteiger partial charge on any atom is 0.112 e. The standard InChI is InChI=1S/C17H20BrN3/c1-21(10-13-7-11-2-3-12(13)6-11)16-4-5-19-15-8-14(18)9-20-17(15)16/h4-5,8-9,11-13H,2-3,6-7,10H2,1H3. The van der Waals surface area contributed by atoms with Crippen LogP contribution in [0, 0.1) is 17.8 Å². The van der Waals surface area contributed by atoms with E-state index in [1.165, 1.54) is 31.4 Å². The Balaban J connectivity index is 1.60. The highest BCUT2D eigenvalue weighted by molar-refractivity contribution is 9.10. The smallest absolute Gasteiger partial charge is 0.112 e. The Kier molecular flexibility index (Phi) is 3.37. The molecule has 2 aromatic rings. The molecular formula is C17H20BrN3. The molecule has 3 nitrogen and oxygen atoms in total. The molecule has 110 valence electrons. The van der Waals surface area contributed by atoms with E-state index in [1.807, 2.05) is 18.5 Å². The Hall–Kier alpha value is -1.16. The second kappa shape index (κ2) is 5.24.